The highest BCUT2D eigenvalue weighted by atomic mass is 16.4. The van der Waals surface area contributed by atoms with E-state index in [9.17, 15) is 14.4 Å². The van der Waals surface area contributed by atoms with Gasteiger partial charge in [-0.15, -0.1) is 0 Å². The van der Waals surface area contributed by atoms with E-state index in [1.54, 1.807) is 4.90 Å². The van der Waals surface area contributed by atoms with Crippen LogP contribution in [0, 0.1) is 0 Å². The summed E-state index contributed by atoms with van der Waals surface area (Å²) in [7, 11) is 0. The lowest BCUT2D eigenvalue weighted by Crippen LogP contribution is -2.45. The third-order valence-electron chi connectivity index (χ3n) is 2.46. The summed E-state index contributed by atoms with van der Waals surface area (Å²) in [5.74, 6) is -1.14. The zero-order valence-corrected chi connectivity index (χ0v) is 11.0. The Balaban J connectivity index is 3.87. The third-order valence-corrected chi connectivity index (χ3v) is 2.46. The largest absolute Gasteiger partial charge is 0.480 e. The minimum Gasteiger partial charge on any atom is -0.480 e. The SMILES string of the molecule is CCN(CC)C(=O)CCNC(=O)N[C@@H](C)C(=O)O. The normalized spacial score (nSPS) is 11.5. The van der Waals surface area contributed by atoms with Gasteiger partial charge in [0.15, 0.2) is 0 Å². The zero-order valence-electron chi connectivity index (χ0n) is 11.0. The molecule has 0 aliphatic carbocycles. The first-order chi connectivity index (χ1) is 8.42. The number of urea groups is 1. The van der Waals surface area contributed by atoms with E-state index in [4.69, 9.17) is 5.11 Å². The topological polar surface area (TPSA) is 98.7 Å². The van der Waals surface area contributed by atoms with Gasteiger partial charge in [-0.1, -0.05) is 0 Å². The number of hydrogen-bond donors (Lipinski definition) is 3. The molecule has 0 saturated heterocycles. The van der Waals surface area contributed by atoms with Gasteiger partial charge in [-0.25, -0.2) is 4.79 Å². The molecule has 0 radical (unpaired) electrons. The lowest BCUT2D eigenvalue weighted by atomic mass is 10.3. The molecule has 0 bridgehead atoms. The van der Waals surface area contributed by atoms with Gasteiger partial charge in [0.1, 0.15) is 6.04 Å². The number of carboxylic acid groups (broad SMARTS) is 1. The van der Waals surface area contributed by atoms with Crippen molar-refractivity contribution in [3.8, 4) is 0 Å². The molecule has 0 unspecified atom stereocenters. The fourth-order valence-corrected chi connectivity index (χ4v) is 1.33. The molecule has 7 heteroatoms. The predicted molar refractivity (Wildman–Crippen MR) is 66.2 cm³/mol. The molecule has 0 saturated carbocycles. The van der Waals surface area contributed by atoms with Crippen LogP contribution in [0.25, 0.3) is 0 Å². The van der Waals surface area contributed by atoms with Gasteiger partial charge in [0.2, 0.25) is 5.91 Å². The van der Waals surface area contributed by atoms with Gasteiger partial charge in [0, 0.05) is 26.1 Å². The number of rotatable bonds is 7. The maximum absolute atomic E-state index is 11.6. The third kappa shape index (κ3) is 6.07. The van der Waals surface area contributed by atoms with Crippen molar-refractivity contribution in [3.05, 3.63) is 0 Å². The Morgan fingerprint density at radius 2 is 1.78 bits per heavy atom. The first-order valence-corrected chi connectivity index (χ1v) is 5.97. The monoisotopic (exact) mass is 259 g/mol. The second-order valence-corrected chi connectivity index (χ2v) is 3.78. The number of carbonyl (C=O) groups is 3. The minimum atomic E-state index is -1.11. The number of nitrogens with zero attached hydrogens (tertiary/aromatic N) is 1. The van der Waals surface area contributed by atoms with E-state index in [1.807, 2.05) is 13.8 Å². The van der Waals surface area contributed by atoms with Crippen molar-refractivity contribution in [2.45, 2.75) is 33.2 Å². The molecule has 3 N–H and O–H groups in total. The number of carboxylic acids is 1. The number of carbonyl (C=O) groups excluding carboxylic acids is 2. The van der Waals surface area contributed by atoms with E-state index in [1.165, 1.54) is 6.92 Å². The summed E-state index contributed by atoms with van der Waals surface area (Å²) in [5.41, 5.74) is 0. The first kappa shape index (κ1) is 16.2. The van der Waals surface area contributed by atoms with Crippen molar-refractivity contribution in [2.75, 3.05) is 19.6 Å². The fraction of sp³-hybridized carbons (Fsp3) is 0.727. The Morgan fingerprint density at radius 3 is 2.22 bits per heavy atom. The Bertz CT molecular complexity index is 303. The standard InChI is InChI=1S/C11H21N3O4/c1-4-14(5-2)9(15)6-7-12-11(18)13-8(3)10(16)17/h8H,4-7H2,1-3H3,(H,16,17)(H2,12,13,18)/t8-/m0/s1. The Morgan fingerprint density at radius 1 is 1.22 bits per heavy atom. The smallest absolute Gasteiger partial charge is 0.325 e. The predicted octanol–water partition coefficient (Wildman–Crippen LogP) is 0.0172. The van der Waals surface area contributed by atoms with Crippen molar-refractivity contribution >= 4 is 17.9 Å². The summed E-state index contributed by atoms with van der Waals surface area (Å²) in [4.78, 5) is 35.0. The maximum Gasteiger partial charge on any atom is 0.325 e. The molecule has 104 valence electrons. The van der Waals surface area contributed by atoms with Crippen molar-refractivity contribution < 1.29 is 19.5 Å². The second kappa shape index (κ2) is 8.32. The van der Waals surface area contributed by atoms with Gasteiger partial charge in [-0.2, -0.15) is 0 Å². The average Bonchev–Trinajstić information content (AvgIpc) is 2.30. The number of amides is 3. The fourth-order valence-electron chi connectivity index (χ4n) is 1.33. The summed E-state index contributed by atoms with van der Waals surface area (Å²) in [6, 6.07) is -1.54. The van der Waals surface area contributed by atoms with Crippen LogP contribution in [0.5, 0.6) is 0 Å². The summed E-state index contributed by atoms with van der Waals surface area (Å²) >= 11 is 0. The van der Waals surface area contributed by atoms with Crippen LogP contribution >= 0.6 is 0 Å². The highest BCUT2D eigenvalue weighted by molar-refractivity contribution is 5.82. The lowest BCUT2D eigenvalue weighted by Gasteiger charge is -2.18. The highest BCUT2D eigenvalue weighted by Crippen LogP contribution is 1.92. The molecule has 0 heterocycles. The van der Waals surface area contributed by atoms with E-state index in [-0.39, 0.29) is 18.9 Å². The number of hydrogen-bond acceptors (Lipinski definition) is 3. The van der Waals surface area contributed by atoms with E-state index >= 15 is 0 Å². The van der Waals surface area contributed by atoms with Gasteiger partial charge < -0.3 is 20.6 Å². The molecule has 18 heavy (non-hydrogen) atoms. The summed E-state index contributed by atoms with van der Waals surface area (Å²) in [6.45, 7) is 6.60. The van der Waals surface area contributed by atoms with Crippen LogP contribution in [-0.4, -0.2) is 53.6 Å². The highest BCUT2D eigenvalue weighted by Gasteiger charge is 2.14. The van der Waals surface area contributed by atoms with Gasteiger partial charge in [-0.3, -0.25) is 9.59 Å². The lowest BCUT2D eigenvalue weighted by molar-refractivity contribution is -0.138. The molecular weight excluding hydrogens is 238 g/mol. The van der Waals surface area contributed by atoms with Gasteiger partial charge in [-0.05, 0) is 20.8 Å². The van der Waals surface area contributed by atoms with Crippen LogP contribution < -0.4 is 10.6 Å². The van der Waals surface area contributed by atoms with Crippen LogP contribution in [-0.2, 0) is 9.59 Å². The molecule has 0 rings (SSSR count). The molecule has 0 fully saturated rings. The number of aliphatic carboxylic acids is 1. The molecule has 0 aromatic carbocycles. The van der Waals surface area contributed by atoms with Crippen LogP contribution in [0.2, 0.25) is 0 Å². The molecule has 0 aliphatic rings. The van der Waals surface area contributed by atoms with E-state index < -0.39 is 18.0 Å². The van der Waals surface area contributed by atoms with Crippen LogP contribution in [0.4, 0.5) is 4.79 Å². The van der Waals surface area contributed by atoms with E-state index in [0.717, 1.165) is 0 Å². The molecule has 3 amide bonds. The van der Waals surface area contributed by atoms with Gasteiger partial charge in [0.25, 0.3) is 0 Å². The second-order valence-electron chi connectivity index (χ2n) is 3.78. The molecule has 1 atom stereocenters. The Kier molecular flexibility index (Phi) is 7.50. The van der Waals surface area contributed by atoms with Crippen LogP contribution in [0.1, 0.15) is 27.2 Å². The van der Waals surface area contributed by atoms with Gasteiger partial charge in [0.05, 0.1) is 0 Å². The molecular formula is C11H21N3O4. The zero-order chi connectivity index (χ0) is 14.1. The van der Waals surface area contributed by atoms with Crippen LogP contribution in [0.15, 0.2) is 0 Å². The van der Waals surface area contributed by atoms with Crippen molar-refractivity contribution in [3.63, 3.8) is 0 Å². The van der Waals surface area contributed by atoms with Crippen molar-refractivity contribution in [2.24, 2.45) is 0 Å². The van der Waals surface area contributed by atoms with Crippen LogP contribution in [0.3, 0.4) is 0 Å². The minimum absolute atomic E-state index is 0.0356. The van der Waals surface area contributed by atoms with Crippen molar-refractivity contribution in [1.29, 1.82) is 0 Å². The molecule has 0 aliphatic heterocycles. The number of nitrogens with one attached hydrogen (secondary N) is 2. The molecule has 0 aromatic rings. The quantitative estimate of drug-likeness (QED) is 0.600. The van der Waals surface area contributed by atoms with E-state index in [2.05, 4.69) is 10.6 Å². The van der Waals surface area contributed by atoms with E-state index in [0.29, 0.717) is 13.1 Å². The Labute approximate surface area is 107 Å². The molecule has 0 aromatic heterocycles. The van der Waals surface area contributed by atoms with Crippen molar-refractivity contribution in [1.82, 2.24) is 15.5 Å². The molecule has 7 nitrogen and oxygen atoms in total. The summed E-state index contributed by atoms with van der Waals surface area (Å²) < 4.78 is 0. The molecule has 0 spiro atoms. The average molecular weight is 259 g/mol. The summed E-state index contributed by atoms with van der Waals surface area (Å²) in [6.07, 6.45) is 0.205. The maximum atomic E-state index is 11.6. The summed E-state index contributed by atoms with van der Waals surface area (Å²) in [5, 5.41) is 13.3. The Hall–Kier alpha value is -1.79. The first-order valence-electron chi connectivity index (χ1n) is 5.97. The van der Waals surface area contributed by atoms with Gasteiger partial charge >= 0.3 is 12.0 Å².